The molecule has 0 saturated carbocycles. The second kappa shape index (κ2) is 9.27. The van der Waals surface area contributed by atoms with Gasteiger partial charge in [-0.15, -0.1) is 0 Å². The van der Waals surface area contributed by atoms with Gasteiger partial charge in [-0.05, 0) is 12.0 Å². The summed E-state index contributed by atoms with van der Waals surface area (Å²) in [5, 5.41) is 6.05. The highest BCUT2D eigenvalue weighted by Crippen LogP contribution is 2.18. The quantitative estimate of drug-likeness (QED) is 0.658. The lowest BCUT2D eigenvalue weighted by atomic mass is 10.1. The van der Waals surface area contributed by atoms with Crippen LogP contribution in [0.3, 0.4) is 0 Å². The lowest BCUT2D eigenvalue weighted by Gasteiger charge is -2.25. The third-order valence-electron chi connectivity index (χ3n) is 3.88. The lowest BCUT2D eigenvalue weighted by Crippen LogP contribution is -2.42. The van der Waals surface area contributed by atoms with E-state index >= 15 is 0 Å². The van der Waals surface area contributed by atoms with Crippen molar-refractivity contribution in [1.82, 2.24) is 15.5 Å². The number of hydrogen-bond acceptors (Lipinski definition) is 4. The number of nitrogens with zero attached hydrogens (tertiary/aromatic N) is 1. The molecule has 6 heteroatoms. The monoisotopic (exact) mass is 319 g/mol. The fraction of sp³-hybridized carbons (Fsp3) is 0.529. The molecule has 1 heterocycles. The lowest BCUT2D eigenvalue weighted by molar-refractivity contribution is -0.129. The van der Waals surface area contributed by atoms with E-state index in [1.54, 1.807) is 7.11 Å². The predicted molar refractivity (Wildman–Crippen MR) is 87.9 cm³/mol. The van der Waals surface area contributed by atoms with Crippen molar-refractivity contribution in [2.24, 2.45) is 0 Å². The molecule has 2 N–H and O–H groups in total. The fourth-order valence-electron chi connectivity index (χ4n) is 2.66. The van der Waals surface area contributed by atoms with Crippen LogP contribution in [-0.4, -0.2) is 56.6 Å². The smallest absolute Gasteiger partial charge is 0.234 e. The first kappa shape index (κ1) is 17.4. The number of hydrogen-bond donors (Lipinski definition) is 2. The van der Waals surface area contributed by atoms with Crippen LogP contribution in [0.25, 0.3) is 0 Å². The van der Waals surface area contributed by atoms with E-state index in [1.807, 2.05) is 35.2 Å². The van der Waals surface area contributed by atoms with Gasteiger partial charge in [0.1, 0.15) is 0 Å². The summed E-state index contributed by atoms with van der Waals surface area (Å²) < 4.78 is 4.94. The van der Waals surface area contributed by atoms with Crippen LogP contribution in [0.1, 0.15) is 24.4 Å². The van der Waals surface area contributed by atoms with E-state index in [-0.39, 0.29) is 24.4 Å². The Balaban J connectivity index is 1.93. The summed E-state index contributed by atoms with van der Waals surface area (Å²) in [6.45, 7) is 2.72. The third-order valence-corrected chi connectivity index (χ3v) is 3.88. The Hall–Kier alpha value is -1.92. The molecule has 1 atom stereocenters. The second-order valence-electron chi connectivity index (χ2n) is 5.64. The van der Waals surface area contributed by atoms with Gasteiger partial charge in [-0.3, -0.25) is 9.59 Å². The average molecular weight is 319 g/mol. The van der Waals surface area contributed by atoms with Crippen molar-refractivity contribution in [3.05, 3.63) is 35.9 Å². The van der Waals surface area contributed by atoms with Crippen LogP contribution in [0.2, 0.25) is 0 Å². The van der Waals surface area contributed by atoms with Gasteiger partial charge in [0.15, 0.2) is 0 Å². The Morgan fingerprint density at radius 2 is 2.13 bits per heavy atom. The Morgan fingerprint density at radius 3 is 2.78 bits per heavy atom. The second-order valence-corrected chi connectivity index (χ2v) is 5.64. The molecular weight excluding hydrogens is 294 g/mol. The number of ether oxygens (including phenoxy) is 1. The van der Waals surface area contributed by atoms with Gasteiger partial charge < -0.3 is 20.3 Å². The minimum absolute atomic E-state index is 0.0818. The van der Waals surface area contributed by atoms with Gasteiger partial charge in [0.25, 0.3) is 0 Å². The number of amides is 2. The van der Waals surface area contributed by atoms with Gasteiger partial charge in [0, 0.05) is 33.2 Å². The zero-order chi connectivity index (χ0) is 16.5. The van der Waals surface area contributed by atoms with Crippen LogP contribution < -0.4 is 10.6 Å². The standard InChI is InChI=1S/C17H25N3O3/c1-23-11-9-18-12-16(21)19-15(14-6-3-2-4-7-14)13-20-10-5-8-17(20)22/h2-4,6-7,15,18H,5,8-13H2,1H3,(H,19,21). The van der Waals surface area contributed by atoms with E-state index in [4.69, 9.17) is 4.74 Å². The fourth-order valence-corrected chi connectivity index (χ4v) is 2.66. The van der Waals surface area contributed by atoms with Gasteiger partial charge in [-0.25, -0.2) is 0 Å². The molecule has 0 spiro atoms. The van der Waals surface area contributed by atoms with E-state index in [0.717, 1.165) is 18.5 Å². The van der Waals surface area contributed by atoms with Crippen molar-refractivity contribution in [3.63, 3.8) is 0 Å². The number of nitrogens with one attached hydrogen (secondary N) is 2. The number of carbonyl (C=O) groups is 2. The highest BCUT2D eigenvalue weighted by molar-refractivity contribution is 5.79. The summed E-state index contributed by atoms with van der Waals surface area (Å²) in [7, 11) is 1.63. The molecule has 2 rings (SSSR count). The van der Waals surface area contributed by atoms with Crippen molar-refractivity contribution < 1.29 is 14.3 Å². The average Bonchev–Trinajstić information content (AvgIpc) is 2.97. The zero-order valence-electron chi connectivity index (χ0n) is 13.6. The largest absolute Gasteiger partial charge is 0.383 e. The van der Waals surface area contributed by atoms with Crippen molar-refractivity contribution in [2.75, 3.05) is 39.9 Å². The summed E-state index contributed by atoms with van der Waals surface area (Å²) in [6, 6.07) is 9.59. The molecule has 1 saturated heterocycles. The SMILES string of the molecule is COCCNCC(=O)NC(CN1CCCC1=O)c1ccccc1. The summed E-state index contributed by atoms with van der Waals surface area (Å²) >= 11 is 0. The van der Waals surface area contributed by atoms with Gasteiger partial charge in [0.2, 0.25) is 11.8 Å². The van der Waals surface area contributed by atoms with Gasteiger partial charge >= 0.3 is 0 Å². The number of benzene rings is 1. The summed E-state index contributed by atoms with van der Waals surface area (Å²) in [5.74, 6) is 0.0833. The van der Waals surface area contributed by atoms with Crippen LogP contribution in [0.4, 0.5) is 0 Å². The summed E-state index contributed by atoms with van der Waals surface area (Å²) in [6.07, 6.45) is 1.50. The molecule has 1 aromatic rings. The predicted octanol–water partition coefficient (Wildman–Crippen LogP) is 0.702. The first-order chi connectivity index (χ1) is 11.2. The van der Waals surface area contributed by atoms with E-state index < -0.39 is 0 Å². The molecule has 0 bridgehead atoms. The molecule has 1 aromatic carbocycles. The number of rotatable bonds is 9. The minimum Gasteiger partial charge on any atom is -0.383 e. The topological polar surface area (TPSA) is 70.7 Å². The molecule has 126 valence electrons. The zero-order valence-corrected chi connectivity index (χ0v) is 13.6. The maximum absolute atomic E-state index is 12.1. The molecule has 6 nitrogen and oxygen atoms in total. The van der Waals surface area contributed by atoms with Crippen LogP contribution in [-0.2, 0) is 14.3 Å². The molecule has 1 aliphatic heterocycles. The molecular formula is C17H25N3O3. The molecule has 0 aromatic heterocycles. The Bertz CT molecular complexity index is 507. The van der Waals surface area contributed by atoms with Crippen molar-refractivity contribution in [1.29, 1.82) is 0 Å². The maximum Gasteiger partial charge on any atom is 0.234 e. The number of methoxy groups -OCH3 is 1. The maximum atomic E-state index is 12.1. The Labute approximate surface area is 137 Å². The summed E-state index contributed by atoms with van der Waals surface area (Å²) in [4.78, 5) is 25.8. The number of carbonyl (C=O) groups excluding carboxylic acids is 2. The first-order valence-electron chi connectivity index (χ1n) is 8.02. The van der Waals surface area contributed by atoms with E-state index in [1.165, 1.54) is 0 Å². The van der Waals surface area contributed by atoms with Crippen LogP contribution in [0.5, 0.6) is 0 Å². The molecule has 1 fully saturated rings. The van der Waals surface area contributed by atoms with E-state index in [0.29, 0.717) is 26.1 Å². The van der Waals surface area contributed by atoms with Crippen LogP contribution >= 0.6 is 0 Å². The van der Waals surface area contributed by atoms with Crippen molar-refractivity contribution in [3.8, 4) is 0 Å². The molecule has 1 aliphatic rings. The highest BCUT2D eigenvalue weighted by atomic mass is 16.5. The summed E-state index contributed by atoms with van der Waals surface area (Å²) in [5.41, 5.74) is 1.01. The van der Waals surface area contributed by atoms with Crippen molar-refractivity contribution >= 4 is 11.8 Å². The van der Waals surface area contributed by atoms with Gasteiger partial charge in [-0.2, -0.15) is 0 Å². The van der Waals surface area contributed by atoms with E-state index in [9.17, 15) is 9.59 Å². The van der Waals surface area contributed by atoms with Crippen LogP contribution in [0.15, 0.2) is 30.3 Å². The molecule has 1 unspecified atom stereocenters. The highest BCUT2D eigenvalue weighted by Gasteiger charge is 2.25. The third kappa shape index (κ3) is 5.65. The normalized spacial score (nSPS) is 15.7. The van der Waals surface area contributed by atoms with Gasteiger partial charge in [-0.1, -0.05) is 30.3 Å². The minimum atomic E-state index is -0.185. The van der Waals surface area contributed by atoms with E-state index in [2.05, 4.69) is 10.6 Å². The Morgan fingerprint density at radius 1 is 1.35 bits per heavy atom. The Kier molecular flexibility index (Phi) is 7.03. The molecule has 0 aliphatic carbocycles. The molecule has 0 radical (unpaired) electrons. The first-order valence-corrected chi connectivity index (χ1v) is 8.02. The number of likely N-dealkylation sites (tertiary alicyclic amines) is 1. The van der Waals surface area contributed by atoms with Crippen LogP contribution in [0, 0.1) is 0 Å². The van der Waals surface area contributed by atoms with Crippen molar-refractivity contribution in [2.45, 2.75) is 18.9 Å². The molecule has 23 heavy (non-hydrogen) atoms. The molecule has 2 amide bonds. The van der Waals surface area contributed by atoms with Gasteiger partial charge in [0.05, 0.1) is 19.2 Å².